The van der Waals surface area contributed by atoms with Gasteiger partial charge in [0.15, 0.2) is 17.3 Å². The first kappa shape index (κ1) is 16.7. The second-order valence-corrected chi connectivity index (χ2v) is 7.66. The molecule has 0 amide bonds. The molecular weight excluding hydrogens is 425 g/mol. The van der Waals surface area contributed by atoms with E-state index < -0.39 is 48.0 Å². The van der Waals surface area contributed by atoms with Crippen molar-refractivity contribution in [2.75, 3.05) is 23.8 Å². The van der Waals surface area contributed by atoms with Crippen molar-refractivity contribution in [1.82, 2.24) is 19.5 Å². The van der Waals surface area contributed by atoms with E-state index in [0.717, 1.165) is 0 Å². The summed E-state index contributed by atoms with van der Waals surface area (Å²) in [6.45, 7) is 0.746. The number of ether oxygens (including phenoxy) is 1. The minimum absolute atomic E-state index is 0.0461. The number of hydrogen-bond acceptors (Lipinski definition) is 7. The van der Waals surface area contributed by atoms with E-state index in [1.807, 2.05) is 0 Å². The average molecular weight is 452 g/mol. The molecule has 170 valence electrons. The lowest BCUT2D eigenvalue weighted by Gasteiger charge is -2.26. The van der Waals surface area contributed by atoms with Gasteiger partial charge < -0.3 is 20.5 Å². The monoisotopic (exact) mass is 452 g/mol. The van der Waals surface area contributed by atoms with Crippen molar-refractivity contribution in [3.05, 3.63) is 35.8 Å². The predicted octanol–water partition coefficient (Wildman–Crippen LogP) is 3.66. The van der Waals surface area contributed by atoms with Crippen LogP contribution in [0.2, 0.25) is 0 Å². The van der Waals surface area contributed by atoms with Crippen LogP contribution in [0.1, 0.15) is 43.5 Å². The number of imidazole rings is 1. The van der Waals surface area contributed by atoms with Crippen LogP contribution >= 0.6 is 0 Å². The van der Waals surface area contributed by atoms with E-state index in [4.69, 9.17) is 10.2 Å². The first-order valence-electron chi connectivity index (χ1n) is 12.1. The second kappa shape index (κ2) is 8.55. The van der Waals surface area contributed by atoms with Crippen molar-refractivity contribution < 1.29 is 28.5 Å². The number of halogens is 3. The molecule has 1 aliphatic carbocycles. The van der Waals surface area contributed by atoms with Gasteiger partial charge in [-0.3, -0.25) is 4.57 Å². The molecule has 1 unspecified atom stereocenters. The van der Waals surface area contributed by atoms with Crippen LogP contribution < -0.4 is 10.6 Å². The Morgan fingerprint density at radius 3 is 2.56 bits per heavy atom. The molecule has 5 rings (SSSR count). The van der Waals surface area contributed by atoms with E-state index in [-0.39, 0.29) is 30.8 Å². The Kier molecular flexibility index (Phi) is 4.45. The Morgan fingerprint density at radius 1 is 1.12 bits per heavy atom. The summed E-state index contributed by atoms with van der Waals surface area (Å²) in [6, 6.07) is 0.121. The van der Waals surface area contributed by atoms with Gasteiger partial charge in [-0.1, -0.05) is 0 Å². The molecule has 8 nitrogen and oxygen atoms in total. The third-order valence-electron chi connectivity index (χ3n) is 5.40. The van der Waals surface area contributed by atoms with E-state index in [0.29, 0.717) is 42.9 Å². The van der Waals surface area contributed by atoms with Gasteiger partial charge >= 0.3 is 0 Å². The maximum Gasteiger partial charge on any atom is 0.224 e. The van der Waals surface area contributed by atoms with E-state index in [1.54, 1.807) is 4.57 Å². The molecule has 3 aromatic rings. The minimum Gasteiger partial charge on any atom is -0.393 e. The van der Waals surface area contributed by atoms with Crippen molar-refractivity contribution in [2.24, 2.45) is 0 Å². The predicted molar refractivity (Wildman–Crippen MR) is 111 cm³/mol. The SMILES string of the molecule is [2H]C1([2H])CC(Nc2ncc3nc(Nc4c(F)cc(F)cc4F)n(C4CCOC4)c3n2)CC([2H])([2H])C1O. The summed E-state index contributed by atoms with van der Waals surface area (Å²) in [4.78, 5) is 13.0. The summed E-state index contributed by atoms with van der Waals surface area (Å²) in [6.07, 6.45) is -4.47. The highest BCUT2D eigenvalue weighted by atomic mass is 19.1. The van der Waals surface area contributed by atoms with Crippen LogP contribution in [0.4, 0.5) is 30.8 Å². The van der Waals surface area contributed by atoms with Crippen molar-refractivity contribution in [3.63, 3.8) is 0 Å². The smallest absolute Gasteiger partial charge is 0.224 e. The largest absolute Gasteiger partial charge is 0.393 e. The zero-order valence-electron chi connectivity index (χ0n) is 20.8. The number of fused-ring (bicyclic) bond motifs is 1. The van der Waals surface area contributed by atoms with Gasteiger partial charge in [-0.15, -0.1) is 0 Å². The highest BCUT2D eigenvalue weighted by Gasteiger charge is 2.27. The summed E-state index contributed by atoms with van der Waals surface area (Å²) in [5.41, 5.74) is 0.0151. The minimum atomic E-state index is -2.16. The molecular formula is C21H23F3N6O2. The quantitative estimate of drug-likeness (QED) is 0.544. The van der Waals surface area contributed by atoms with Crippen LogP contribution in [-0.2, 0) is 4.74 Å². The van der Waals surface area contributed by atoms with Gasteiger partial charge in [-0.2, -0.15) is 4.98 Å². The molecule has 32 heavy (non-hydrogen) atoms. The highest BCUT2D eigenvalue weighted by molar-refractivity contribution is 5.76. The fraction of sp³-hybridized carbons (Fsp3) is 0.476. The Labute approximate surface area is 187 Å². The summed E-state index contributed by atoms with van der Waals surface area (Å²) < 4.78 is 81.1. The Hall–Kier alpha value is -2.92. The average Bonchev–Trinajstić information content (AvgIpc) is 3.41. The van der Waals surface area contributed by atoms with E-state index in [9.17, 15) is 18.3 Å². The number of rotatable bonds is 5. The molecule has 1 saturated carbocycles. The van der Waals surface area contributed by atoms with Crippen molar-refractivity contribution in [2.45, 2.75) is 50.2 Å². The second-order valence-electron chi connectivity index (χ2n) is 7.66. The van der Waals surface area contributed by atoms with Gasteiger partial charge in [0.05, 0.1) is 24.9 Å². The van der Waals surface area contributed by atoms with E-state index in [2.05, 4.69) is 25.6 Å². The maximum atomic E-state index is 14.3. The molecule has 3 heterocycles. The normalized spacial score (nSPS) is 28.6. The molecule has 2 aliphatic rings. The number of aromatic nitrogens is 4. The first-order chi connectivity index (χ1) is 16.9. The van der Waals surface area contributed by atoms with Crippen LogP contribution in [0.5, 0.6) is 0 Å². The lowest BCUT2D eigenvalue weighted by atomic mass is 9.93. The third-order valence-corrected chi connectivity index (χ3v) is 5.40. The van der Waals surface area contributed by atoms with Crippen molar-refractivity contribution in [1.29, 1.82) is 0 Å². The van der Waals surface area contributed by atoms with Crippen LogP contribution in [0.3, 0.4) is 0 Å². The highest BCUT2D eigenvalue weighted by Crippen LogP contribution is 2.32. The maximum absolute atomic E-state index is 14.3. The Bertz CT molecular complexity index is 1260. The zero-order chi connectivity index (χ0) is 25.8. The summed E-state index contributed by atoms with van der Waals surface area (Å²) in [5, 5.41) is 15.5. The van der Waals surface area contributed by atoms with Crippen molar-refractivity contribution in [3.8, 4) is 0 Å². The van der Waals surface area contributed by atoms with Crippen molar-refractivity contribution >= 4 is 28.7 Å². The van der Waals surface area contributed by atoms with Gasteiger partial charge in [0.2, 0.25) is 11.9 Å². The molecule has 0 bridgehead atoms. The lowest BCUT2D eigenvalue weighted by Crippen LogP contribution is -2.29. The van der Waals surface area contributed by atoms with E-state index in [1.165, 1.54) is 6.20 Å². The summed E-state index contributed by atoms with van der Waals surface area (Å²) >= 11 is 0. The molecule has 1 atom stereocenters. The van der Waals surface area contributed by atoms with Crippen LogP contribution in [0.15, 0.2) is 18.3 Å². The van der Waals surface area contributed by atoms with E-state index >= 15 is 0 Å². The molecule has 0 radical (unpaired) electrons. The number of nitrogens with zero attached hydrogens (tertiary/aromatic N) is 4. The Balaban J connectivity index is 1.50. The standard InChI is InChI=1S/C21H23F3N6O2/c22-11-7-15(23)18(16(24)8-11)28-21-27-17-9-25-20(26-12-1-3-14(31)4-2-12)29-19(17)30(21)13-5-6-32-10-13/h7-9,12-14,31H,1-6,10H2,(H,27,28)(H,25,26,29)/i3D2,4D2. The molecule has 1 aliphatic heterocycles. The van der Waals surface area contributed by atoms with Crippen LogP contribution in [-0.4, -0.2) is 50.0 Å². The fourth-order valence-corrected chi connectivity index (χ4v) is 3.83. The summed E-state index contributed by atoms with van der Waals surface area (Å²) in [5.74, 6) is -3.21. The summed E-state index contributed by atoms with van der Waals surface area (Å²) in [7, 11) is 0. The number of benzene rings is 1. The number of aliphatic hydroxyl groups excluding tert-OH is 1. The third kappa shape index (κ3) is 4.09. The van der Waals surface area contributed by atoms with Crippen LogP contribution in [0.25, 0.3) is 11.2 Å². The van der Waals surface area contributed by atoms with Crippen LogP contribution in [0, 0.1) is 17.5 Å². The fourth-order valence-electron chi connectivity index (χ4n) is 3.83. The van der Waals surface area contributed by atoms with Gasteiger partial charge in [-0.25, -0.2) is 23.1 Å². The number of aliphatic hydroxyl groups is 1. The first-order valence-corrected chi connectivity index (χ1v) is 10.1. The molecule has 0 spiro atoms. The van der Waals surface area contributed by atoms with Gasteiger partial charge in [-0.05, 0) is 32.0 Å². The van der Waals surface area contributed by atoms with Gasteiger partial charge in [0, 0.05) is 30.3 Å². The number of anilines is 3. The molecule has 3 N–H and O–H groups in total. The molecule has 2 aromatic heterocycles. The molecule has 11 heteroatoms. The Morgan fingerprint density at radius 2 is 1.88 bits per heavy atom. The molecule has 2 fully saturated rings. The number of nitrogens with one attached hydrogen (secondary N) is 2. The molecule has 1 saturated heterocycles. The van der Waals surface area contributed by atoms with Gasteiger partial charge in [0.1, 0.15) is 17.0 Å². The topological polar surface area (TPSA) is 97.1 Å². The molecule has 1 aromatic carbocycles. The zero-order valence-corrected chi connectivity index (χ0v) is 16.8. The van der Waals surface area contributed by atoms with Gasteiger partial charge in [0.25, 0.3) is 0 Å². The number of hydrogen-bond donors (Lipinski definition) is 3. The lowest BCUT2D eigenvalue weighted by molar-refractivity contribution is 0.126.